The van der Waals surface area contributed by atoms with E-state index in [-0.39, 0.29) is 18.4 Å². The first-order valence-corrected chi connectivity index (χ1v) is 9.39. The minimum atomic E-state index is -0.398. The Balaban J connectivity index is 1.73. The number of aryl methyl sites for hydroxylation is 1. The van der Waals surface area contributed by atoms with Crippen LogP contribution in [-0.2, 0) is 4.79 Å². The van der Waals surface area contributed by atoms with Crippen molar-refractivity contribution in [1.82, 2.24) is 0 Å². The molecule has 2 aromatic carbocycles. The number of carbonyl (C=O) groups excluding carboxylic acids is 1. The molecule has 140 valence electrons. The van der Waals surface area contributed by atoms with Crippen LogP contribution in [0.2, 0.25) is 0 Å². The zero-order chi connectivity index (χ0) is 19.6. The molecule has 0 fully saturated rings. The first kappa shape index (κ1) is 19.2. The van der Waals surface area contributed by atoms with Crippen LogP contribution >= 0.6 is 15.9 Å². The zero-order valence-electron chi connectivity index (χ0n) is 15.3. The molecule has 3 rings (SSSR count). The second-order valence-electron chi connectivity index (χ2n) is 6.65. The van der Waals surface area contributed by atoms with Gasteiger partial charge in [-0.05, 0) is 64.2 Å². The first-order valence-electron chi connectivity index (χ1n) is 8.60. The standard InChI is InChI=1S/C21H20BrNO4/c1-12(2)16-10-21(25)27-19-9-14(5-6-15(16)19)26-11-20(24)23-18-7-4-13(3)8-17(18)22/h4-10,12H,11H2,1-3H3,(H,23,24). The average Bonchev–Trinajstić information content (AvgIpc) is 2.61. The number of benzene rings is 2. The van der Waals surface area contributed by atoms with Gasteiger partial charge in [-0.1, -0.05) is 19.9 Å². The lowest BCUT2D eigenvalue weighted by Gasteiger charge is -2.11. The van der Waals surface area contributed by atoms with Crippen molar-refractivity contribution in [3.8, 4) is 5.75 Å². The third-order valence-electron chi connectivity index (χ3n) is 4.14. The monoisotopic (exact) mass is 429 g/mol. The van der Waals surface area contributed by atoms with E-state index >= 15 is 0 Å². The Bertz CT molecular complexity index is 1060. The van der Waals surface area contributed by atoms with E-state index in [4.69, 9.17) is 9.15 Å². The molecule has 27 heavy (non-hydrogen) atoms. The molecular weight excluding hydrogens is 410 g/mol. The molecule has 1 heterocycles. The summed E-state index contributed by atoms with van der Waals surface area (Å²) in [6.45, 7) is 5.86. The van der Waals surface area contributed by atoms with Crippen LogP contribution in [0.1, 0.15) is 30.9 Å². The number of fused-ring (bicyclic) bond motifs is 1. The van der Waals surface area contributed by atoms with Crippen molar-refractivity contribution < 1.29 is 13.9 Å². The van der Waals surface area contributed by atoms with Crippen LogP contribution in [0.15, 0.2) is 56.1 Å². The number of hydrogen-bond acceptors (Lipinski definition) is 4. The fourth-order valence-corrected chi connectivity index (χ4v) is 3.38. The molecule has 3 aromatic rings. The Hall–Kier alpha value is -2.60. The van der Waals surface area contributed by atoms with Gasteiger partial charge in [0, 0.05) is 22.0 Å². The molecule has 0 spiro atoms. The van der Waals surface area contributed by atoms with Crippen LogP contribution in [0.3, 0.4) is 0 Å². The lowest BCUT2D eigenvalue weighted by molar-refractivity contribution is -0.118. The van der Waals surface area contributed by atoms with Gasteiger partial charge < -0.3 is 14.5 Å². The van der Waals surface area contributed by atoms with Crippen LogP contribution < -0.4 is 15.7 Å². The minimum Gasteiger partial charge on any atom is -0.484 e. The second kappa shape index (κ2) is 7.96. The van der Waals surface area contributed by atoms with E-state index in [1.807, 2.05) is 45.0 Å². The Morgan fingerprint density at radius 1 is 1.19 bits per heavy atom. The summed E-state index contributed by atoms with van der Waals surface area (Å²) in [6.07, 6.45) is 0. The molecule has 0 unspecified atom stereocenters. The van der Waals surface area contributed by atoms with Gasteiger partial charge in [-0.2, -0.15) is 0 Å². The molecule has 0 radical (unpaired) electrons. The quantitative estimate of drug-likeness (QED) is 0.579. The minimum absolute atomic E-state index is 0.153. The second-order valence-corrected chi connectivity index (χ2v) is 7.51. The number of carbonyl (C=O) groups is 1. The van der Waals surface area contributed by atoms with Crippen molar-refractivity contribution in [3.05, 3.63) is 68.5 Å². The first-order chi connectivity index (χ1) is 12.8. The van der Waals surface area contributed by atoms with Crippen LogP contribution in [0.25, 0.3) is 11.0 Å². The molecule has 1 aromatic heterocycles. The predicted octanol–water partition coefficient (Wildman–Crippen LogP) is 5.00. The molecule has 0 bridgehead atoms. The number of nitrogens with one attached hydrogen (secondary N) is 1. The summed E-state index contributed by atoms with van der Waals surface area (Å²) in [7, 11) is 0. The highest BCUT2D eigenvalue weighted by molar-refractivity contribution is 9.10. The zero-order valence-corrected chi connectivity index (χ0v) is 16.9. The van der Waals surface area contributed by atoms with E-state index in [9.17, 15) is 9.59 Å². The fraction of sp³-hybridized carbons (Fsp3) is 0.238. The maximum Gasteiger partial charge on any atom is 0.336 e. The van der Waals surface area contributed by atoms with Crippen molar-refractivity contribution in [2.75, 3.05) is 11.9 Å². The molecule has 0 atom stereocenters. The third kappa shape index (κ3) is 4.57. The van der Waals surface area contributed by atoms with Crippen LogP contribution in [0.5, 0.6) is 5.75 Å². The lowest BCUT2D eigenvalue weighted by atomic mass is 10.00. The van der Waals surface area contributed by atoms with Crippen molar-refractivity contribution >= 4 is 38.5 Å². The molecule has 1 amide bonds. The van der Waals surface area contributed by atoms with Crippen LogP contribution in [-0.4, -0.2) is 12.5 Å². The topological polar surface area (TPSA) is 68.5 Å². The van der Waals surface area contributed by atoms with Gasteiger partial charge >= 0.3 is 5.63 Å². The molecule has 0 saturated carbocycles. The van der Waals surface area contributed by atoms with Gasteiger partial charge in [0.05, 0.1) is 5.69 Å². The molecule has 5 nitrogen and oxygen atoms in total. The normalized spacial score (nSPS) is 11.0. The summed E-state index contributed by atoms with van der Waals surface area (Å²) >= 11 is 3.43. The smallest absolute Gasteiger partial charge is 0.336 e. The Morgan fingerprint density at radius 3 is 2.67 bits per heavy atom. The van der Waals surface area contributed by atoms with Crippen LogP contribution in [0, 0.1) is 6.92 Å². The number of hydrogen-bond donors (Lipinski definition) is 1. The van der Waals surface area contributed by atoms with Crippen molar-refractivity contribution in [3.63, 3.8) is 0 Å². The largest absolute Gasteiger partial charge is 0.484 e. The highest BCUT2D eigenvalue weighted by Gasteiger charge is 2.11. The molecule has 0 saturated heterocycles. The summed E-state index contributed by atoms with van der Waals surface area (Å²) in [5.74, 6) is 0.379. The van der Waals surface area contributed by atoms with Gasteiger partial charge in [-0.3, -0.25) is 4.79 Å². The molecule has 1 N–H and O–H groups in total. The van der Waals surface area contributed by atoms with Gasteiger partial charge in [0.15, 0.2) is 6.61 Å². The lowest BCUT2D eigenvalue weighted by Crippen LogP contribution is -2.20. The number of ether oxygens (including phenoxy) is 1. The van der Waals surface area contributed by atoms with E-state index in [1.165, 1.54) is 6.07 Å². The summed E-state index contributed by atoms with van der Waals surface area (Å²) in [5.41, 5.74) is 2.75. The van der Waals surface area contributed by atoms with E-state index in [0.29, 0.717) is 17.0 Å². The summed E-state index contributed by atoms with van der Waals surface area (Å²) in [6, 6.07) is 12.4. The Kier molecular flexibility index (Phi) is 5.65. The third-order valence-corrected chi connectivity index (χ3v) is 4.79. The number of rotatable bonds is 5. The summed E-state index contributed by atoms with van der Waals surface area (Å²) < 4.78 is 11.7. The van der Waals surface area contributed by atoms with Gasteiger partial charge in [-0.15, -0.1) is 0 Å². The Labute approximate surface area is 165 Å². The Morgan fingerprint density at radius 2 is 1.96 bits per heavy atom. The van der Waals surface area contributed by atoms with Gasteiger partial charge in [0.2, 0.25) is 0 Å². The average molecular weight is 430 g/mol. The number of halogens is 1. The maximum absolute atomic E-state index is 12.2. The maximum atomic E-state index is 12.2. The number of amides is 1. The molecule has 0 aliphatic heterocycles. The summed E-state index contributed by atoms with van der Waals surface area (Å²) in [5, 5.41) is 3.66. The SMILES string of the molecule is Cc1ccc(NC(=O)COc2ccc3c(C(C)C)cc(=O)oc3c2)c(Br)c1. The van der Waals surface area contributed by atoms with E-state index < -0.39 is 5.63 Å². The molecule has 0 aliphatic carbocycles. The van der Waals surface area contributed by atoms with Gasteiger partial charge in [0.1, 0.15) is 11.3 Å². The summed E-state index contributed by atoms with van der Waals surface area (Å²) in [4.78, 5) is 23.9. The number of anilines is 1. The van der Waals surface area contributed by atoms with Crippen molar-refractivity contribution in [2.45, 2.75) is 26.7 Å². The highest BCUT2D eigenvalue weighted by atomic mass is 79.9. The highest BCUT2D eigenvalue weighted by Crippen LogP contribution is 2.27. The van der Waals surface area contributed by atoms with Gasteiger partial charge in [-0.25, -0.2) is 4.79 Å². The van der Waals surface area contributed by atoms with Crippen molar-refractivity contribution in [1.29, 1.82) is 0 Å². The van der Waals surface area contributed by atoms with E-state index in [1.54, 1.807) is 12.1 Å². The van der Waals surface area contributed by atoms with Crippen molar-refractivity contribution in [2.24, 2.45) is 0 Å². The fourth-order valence-electron chi connectivity index (χ4n) is 2.79. The van der Waals surface area contributed by atoms with E-state index in [2.05, 4.69) is 21.2 Å². The van der Waals surface area contributed by atoms with E-state index in [0.717, 1.165) is 21.0 Å². The molecule has 6 heteroatoms. The predicted molar refractivity (Wildman–Crippen MR) is 110 cm³/mol. The molecular formula is C21H20BrNO4. The molecule has 0 aliphatic rings. The van der Waals surface area contributed by atoms with Gasteiger partial charge in [0.25, 0.3) is 5.91 Å². The van der Waals surface area contributed by atoms with Crippen LogP contribution in [0.4, 0.5) is 5.69 Å².